The van der Waals surface area contributed by atoms with Gasteiger partial charge < -0.3 is 71.4 Å². The number of hydrogen-bond donors (Lipinski definition) is 8. The van der Waals surface area contributed by atoms with Gasteiger partial charge in [-0.05, 0) is 119 Å². The van der Waals surface area contributed by atoms with E-state index in [-0.39, 0.29) is 66.9 Å². The van der Waals surface area contributed by atoms with Crippen LogP contribution in [0.1, 0.15) is 81.8 Å². The van der Waals surface area contributed by atoms with Gasteiger partial charge in [0.15, 0.2) is 11.9 Å². The van der Waals surface area contributed by atoms with Crippen molar-refractivity contribution in [2.24, 2.45) is 17.4 Å². The first-order valence-corrected chi connectivity index (χ1v) is 25.5. The van der Waals surface area contributed by atoms with E-state index in [4.69, 9.17) is 36.9 Å². The number of carbonyl (C=O) groups excluding carboxylic acids is 5. The lowest BCUT2D eigenvalue weighted by Crippen LogP contribution is -2.51. The maximum absolute atomic E-state index is 13.0. The number of nitrogens with one attached hydrogen (secondary N) is 5. The molecular weight excluding hydrogens is 927 g/mol. The van der Waals surface area contributed by atoms with Gasteiger partial charge in [0.1, 0.15) is 12.2 Å². The molecule has 0 spiro atoms. The largest absolute Gasteiger partial charge is 0.465 e. The summed E-state index contributed by atoms with van der Waals surface area (Å²) in [7, 11) is 0. The van der Waals surface area contributed by atoms with Crippen LogP contribution in [0.2, 0.25) is 0 Å². The molecule has 2 aromatic carbocycles. The van der Waals surface area contributed by atoms with Gasteiger partial charge >= 0.3 is 18.3 Å². The molecule has 4 heterocycles. The second kappa shape index (κ2) is 27.7. The second-order valence-electron chi connectivity index (χ2n) is 19.2. The smallest absolute Gasteiger partial charge is 0.410 e. The first-order valence-electron chi connectivity index (χ1n) is 25.5. The lowest BCUT2D eigenvalue weighted by Gasteiger charge is -2.36. The number of piperazine rings is 3. The van der Waals surface area contributed by atoms with E-state index in [2.05, 4.69) is 16.0 Å². The maximum Gasteiger partial charge on any atom is 0.410 e. The predicted octanol–water partition coefficient (Wildman–Crippen LogP) is 3.71. The number of carboxylic acid groups (broad SMARTS) is 1. The zero-order valence-corrected chi connectivity index (χ0v) is 41.5. The van der Waals surface area contributed by atoms with E-state index < -0.39 is 6.09 Å². The molecule has 0 atom stereocenters. The van der Waals surface area contributed by atoms with Gasteiger partial charge in [-0.1, -0.05) is 24.3 Å². The Kier molecular flexibility index (Phi) is 20.9. The van der Waals surface area contributed by atoms with Crippen LogP contribution >= 0.6 is 0 Å². The summed E-state index contributed by atoms with van der Waals surface area (Å²) < 4.78 is 11.8. The quantitative estimate of drug-likeness (QED) is 0.111. The summed E-state index contributed by atoms with van der Waals surface area (Å²) in [5, 5.41) is 32.3. The Labute approximate surface area is 422 Å². The van der Waals surface area contributed by atoms with Crippen molar-refractivity contribution in [2.45, 2.75) is 95.7 Å². The first-order chi connectivity index (χ1) is 34.7. The Morgan fingerprint density at radius 3 is 1.28 bits per heavy atom. The molecule has 72 heavy (non-hydrogen) atoms. The minimum atomic E-state index is -0.886. The summed E-state index contributed by atoms with van der Waals surface area (Å²) in [6.07, 6.45) is 7.95. The number of rotatable bonds is 12. The SMILES string of the molecule is N=C(N)Nc1ccc(CC(=O)N2CCN(C(=O)O[C@H]3CCC[C@@H](OC(=O)N4CCN(C(=O)Cc5ccc(NC(=N)N)cc5)CC4)CCC3)CC2)cc1.O=C(O)N1CCN(C(=O)CCCC2CCNCC2)CC1. The van der Waals surface area contributed by atoms with Gasteiger partial charge in [0.2, 0.25) is 17.7 Å². The van der Waals surface area contributed by atoms with Crippen molar-refractivity contribution < 1.29 is 43.3 Å². The molecule has 5 aliphatic rings. The van der Waals surface area contributed by atoms with Gasteiger partial charge in [0.25, 0.3) is 0 Å². The van der Waals surface area contributed by atoms with E-state index in [1.165, 1.54) is 17.7 Å². The van der Waals surface area contributed by atoms with Crippen molar-refractivity contribution in [1.29, 1.82) is 10.8 Å². The number of hydrogen-bond acceptors (Lipinski definition) is 11. The van der Waals surface area contributed by atoms with Gasteiger partial charge in [-0.3, -0.25) is 25.2 Å². The van der Waals surface area contributed by atoms with E-state index in [1.54, 1.807) is 43.9 Å². The highest BCUT2D eigenvalue weighted by Crippen LogP contribution is 2.25. The molecule has 6 amide bonds. The molecule has 4 aliphatic heterocycles. The van der Waals surface area contributed by atoms with Crippen LogP contribution in [-0.4, -0.2) is 186 Å². The first kappa shape index (κ1) is 54.5. The number of anilines is 2. The van der Waals surface area contributed by atoms with Crippen LogP contribution in [0.25, 0.3) is 0 Å². The van der Waals surface area contributed by atoms with E-state index >= 15 is 0 Å². The summed E-state index contributed by atoms with van der Waals surface area (Å²) >= 11 is 0. The number of piperidine rings is 1. The normalized spacial score (nSPS) is 19.9. The fourth-order valence-electron chi connectivity index (χ4n) is 9.70. The molecule has 2 aromatic rings. The number of nitrogens with zero attached hydrogens (tertiary/aromatic N) is 6. The molecular formula is C50H75N13O9. The Morgan fingerprint density at radius 2 is 0.903 bits per heavy atom. The number of nitrogens with two attached hydrogens (primary N) is 2. The van der Waals surface area contributed by atoms with Crippen LogP contribution in [0, 0.1) is 16.7 Å². The number of ether oxygens (including phenoxy) is 2. The molecule has 0 aromatic heterocycles. The zero-order valence-electron chi connectivity index (χ0n) is 41.5. The standard InChI is InChI=1S/C36H50N10O6.C14H25N3O3/c37-33(38)41-27-11-7-25(8-12-27)23-31(47)43-15-19-45(20-16-43)35(49)51-29-3-1-4-30(6-2-5-29)52-36(50)46-21-17-44(18-22-46)32(48)24-26-9-13-28(14-10-26)42-34(39)40;18-13(3-1-2-12-4-6-15-7-5-12)16-8-10-17(11-9-16)14(19)20/h7-14,29-30H,1-6,15-24H2,(H4,37,38,41)(H4,39,40,42);12,15H,1-11H2,(H,19,20)/t29-,30+;. The Balaban J connectivity index is 0.000000352. The average Bonchev–Trinajstić information content (AvgIpc) is 3.36. The van der Waals surface area contributed by atoms with Crippen molar-refractivity contribution in [3.63, 3.8) is 0 Å². The molecule has 0 bridgehead atoms. The summed E-state index contributed by atoms with van der Waals surface area (Å²) in [6, 6.07) is 14.4. The third kappa shape index (κ3) is 17.8. The average molecular weight is 1000 g/mol. The molecule has 22 nitrogen and oxygen atoms in total. The van der Waals surface area contributed by atoms with E-state index in [0.717, 1.165) is 55.8 Å². The number of benzene rings is 2. The van der Waals surface area contributed by atoms with Crippen LogP contribution in [0.5, 0.6) is 0 Å². The molecule has 7 rings (SSSR count). The molecule has 5 fully saturated rings. The number of amides is 6. The number of guanidine groups is 2. The fourth-order valence-corrected chi connectivity index (χ4v) is 9.70. The van der Waals surface area contributed by atoms with Crippen molar-refractivity contribution in [2.75, 3.05) is 102 Å². The topological polar surface area (TPSA) is 296 Å². The molecule has 394 valence electrons. The third-order valence-corrected chi connectivity index (χ3v) is 14.0. The van der Waals surface area contributed by atoms with Gasteiger partial charge in [-0.2, -0.15) is 0 Å². The highest BCUT2D eigenvalue weighted by molar-refractivity contribution is 5.90. The fraction of sp³-hybridized carbons (Fsp3) is 0.600. The van der Waals surface area contributed by atoms with Gasteiger partial charge in [0, 0.05) is 96.3 Å². The lowest BCUT2D eigenvalue weighted by molar-refractivity contribution is -0.133. The van der Waals surface area contributed by atoms with Crippen molar-refractivity contribution in [1.82, 2.24) is 34.7 Å². The summed E-state index contributed by atoms with van der Waals surface area (Å²) in [5.41, 5.74) is 13.8. The van der Waals surface area contributed by atoms with Crippen LogP contribution in [-0.2, 0) is 36.7 Å². The summed E-state index contributed by atoms with van der Waals surface area (Å²) in [5.74, 6) is 0.641. The van der Waals surface area contributed by atoms with Gasteiger partial charge in [-0.15, -0.1) is 0 Å². The van der Waals surface area contributed by atoms with Crippen molar-refractivity contribution in [3.8, 4) is 0 Å². The van der Waals surface area contributed by atoms with E-state index in [0.29, 0.717) is 122 Å². The molecule has 1 saturated carbocycles. The second-order valence-corrected chi connectivity index (χ2v) is 19.2. The Morgan fingerprint density at radius 1 is 0.542 bits per heavy atom. The van der Waals surface area contributed by atoms with E-state index in [1.807, 2.05) is 29.2 Å². The predicted molar refractivity (Wildman–Crippen MR) is 272 cm³/mol. The Hall–Kier alpha value is -6.84. The van der Waals surface area contributed by atoms with Crippen LogP contribution < -0.4 is 27.4 Å². The molecule has 1 aliphatic carbocycles. The van der Waals surface area contributed by atoms with Crippen LogP contribution in [0.4, 0.5) is 25.8 Å². The molecule has 10 N–H and O–H groups in total. The minimum absolute atomic E-state index is 0.00689. The third-order valence-electron chi connectivity index (χ3n) is 14.0. The Bertz CT molecular complexity index is 2010. The van der Waals surface area contributed by atoms with Gasteiger partial charge in [-0.25, -0.2) is 14.4 Å². The molecule has 22 heteroatoms. The summed E-state index contributed by atoms with van der Waals surface area (Å²) in [6.45, 7) is 7.58. The minimum Gasteiger partial charge on any atom is -0.465 e. The van der Waals surface area contributed by atoms with Gasteiger partial charge in [0.05, 0.1) is 12.8 Å². The van der Waals surface area contributed by atoms with Crippen LogP contribution in [0.15, 0.2) is 48.5 Å². The van der Waals surface area contributed by atoms with Crippen molar-refractivity contribution in [3.05, 3.63) is 59.7 Å². The molecule has 0 radical (unpaired) electrons. The highest BCUT2D eigenvalue weighted by Gasteiger charge is 2.31. The monoisotopic (exact) mass is 1000 g/mol. The highest BCUT2D eigenvalue weighted by atomic mass is 16.6. The summed E-state index contributed by atoms with van der Waals surface area (Å²) in [4.78, 5) is 84.6. The van der Waals surface area contributed by atoms with Crippen molar-refractivity contribution >= 4 is 59.3 Å². The van der Waals surface area contributed by atoms with E-state index in [9.17, 15) is 28.8 Å². The number of carbonyl (C=O) groups is 6. The molecule has 4 saturated heterocycles. The zero-order chi connectivity index (χ0) is 51.4. The maximum atomic E-state index is 13.0. The van der Waals surface area contributed by atoms with Crippen LogP contribution in [0.3, 0.4) is 0 Å². The molecule has 0 unspecified atom stereocenters. The lowest BCUT2D eigenvalue weighted by atomic mass is 9.92.